The third kappa shape index (κ3) is 31.0. The quantitative estimate of drug-likeness (QED) is 0.0324. The summed E-state index contributed by atoms with van der Waals surface area (Å²) in [6.45, 7) is 21.8. The molecule has 0 amide bonds. The molecule has 5 nitrogen and oxygen atoms in total. The Balaban J connectivity index is 0.000000224. The first kappa shape index (κ1) is 92.2. The van der Waals surface area contributed by atoms with E-state index in [2.05, 4.69) is 86.9 Å². The topological polar surface area (TPSA) is 46.2 Å². The number of ether oxygens (including phenoxy) is 5. The monoisotopic (exact) mass is 1570 g/mol. The van der Waals surface area contributed by atoms with Gasteiger partial charge in [-0.25, -0.2) is 22.0 Å². The Morgan fingerprint density at radius 3 is 0.661 bits per heavy atom. The molecule has 0 heterocycles. The third-order valence-corrected chi connectivity index (χ3v) is 17.0. The molecule has 0 fully saturated rings. The standard InChI is InChI=1S/C22H24F2O.C21H22F2O.C20H20F2O.C19H18F2O.C18H16F2O/c1-3-5-6-7-17-8-10-18(11-9-17)12-13-19-14-15-20(25-16-4-2)22(24)21(19)23;1-3-5-6-16-7-9-17(10-8-16)11-12-18-13-14-19(24-15-4-2)21(23)20(18)22;1-3-5-15-6-8-16(9-7-15)10-11-17-12-13-18(23-14-4-2)20(22)19(17)21;1-3-13-22-17-12-11-16(18(20)19(17)21)10-9-15-7-5-14(4-2)6-8-15;1-3-12-21-16-11-10-15(17(19)18(16)20)9-8-14-6-4-13(2)5-7-14/h8-11,14-15H,3-7,16H2,1-2H3;7-10,13-14H,3-6,15H2,1-2H3;6-9,12-13H,3-5,14H2,1-2H3;5-8,11-12H,3-4,13H2,1-2H3;4-7,10-11H,3,12H2,1-2H3. The van der Waals surface area contributed by atoms with Gasteiger partial charge in [-0.1, -0.05) is 213 Å². The zero-order valence-electron chi connectivity index (χ0n) is 67.3. The molecule has 0 N–H and O–H groups in total. The Labute approximate surface area is 674 Å². The van der Waals surface area contributed by atoms with E-state index in [0.29, 0.717) is 33.0 Å². The number of benzene rings is 10. The van der Waals surface area contributed by atoms with E-state index in [0.717, 1.165) is 110 Å². The van der Waals surface area contributed by atoms with Crippen LogP contribution in [0.5, 0.6) is 28.7 Å². The van der Waals surface area contributed by atoms with Gasteiger partial charge >= 0.3 is 0 Å². The molecule has 10 rings (SSSR count). The first-order valence-corrected chi connectivity index (χ1v) is 39.3. The molecule has 0 bridgehead atoms. The molecule has 0 radical (unpaired) electrons. The van der Waals surface area contributed by atoms with Crippen LogP contribution in [0.4, 0.5) is 43.9 Å². The molecule has 0 saturated heterocycles. The maximum absolute atomic E-state index is 14.1. The summed E-state index contributed by atoms with van der Waals surface area (Å²) in [5, 5.41) is 0. The lowest BCUT2D eigenvalue weighted by Gasteiger charge is -2.06. The molecule has 0 atom stereocenters. The summed E-state index contributed by atoms with van der Waals surface area (Å²) < 4.78 is 165. The molecule has 0 spiro atoms. The first-order valence-electron chi connectivity index (χ1n) is 39.3. The van der Waals surface area contributed by atoms with E-state index in [4.69, 9.17) is 23.7 Å². The van der Waals surface area contributed by atoms with E-state index in [-0.39, 0.29) is 56.6 Å². The van der Waals surface area contributed by atoms with E-state index >= 15 is 0 Å². The Hall–Kier alpha value is -11.7. The lowest BCUT2D eigenvalue weighted by molar-refractivity contribution is 0.295. The largest absolute Gasteiger partial charge is 0.490 e. The Morgan fingerprint density at radius 1 is 0.209 bits per heavy atom. The van der Waals surface area contributed by atoms with Gasteiger partial charge < -0.3 is 23.7 Å². The van der Waals surface area contributed by atoms with Crippen molar-refractivity contribution in [2.75, 3.05) is 33.0 Å². The summed E-state index contributed by atoms with van der Waals surface area (Å²) >= 11 is 0. The van der Waals surface area contributed by atoms with Crippen molar-refractivity contribution in [3.63, 3.8) is 0 Å². The van der Waals surface area contributed by atoms with Crippen LogP contribution < -0.4 is 23.7 Å². The van der Waals surface area contributed by atoms with E-state index < -0.39 is 58.2 Å². The molecule has 0 aliphatic rings. The van der Waals surface area contributed by atoms with Gasteiger partial charge in [0.15, 0.2) is 57.8 Å². The molecule has 0 unspecified atom stereocenters. The smallest absolute Gasteiger partial charge is 0.201 e. The highest BCUT2D eigenvalue weighted by Gasteiger charge is 2.18. The lowest BCUT2D eigenvalue weighted by Crippen LogP contribution is -2.00. The summed E-state index contributed by atoms with van der Waals surface area (Å²) in [7, 11) is 0. The van der Waals surface area contributed by atoms with E-state index in [1.165, 1.54) is 102 Å². The van der Waals surface area contributed by atoms with Gasteiger partial charge in [-0.2, -0.15) is 22.0 Å². The van der Waals surface area contributed by atoms with Crippen molar-refractivity contribution in [2.45, 2.75) is 166 Å². The van der Waals surface area contributed by atoms with Crippen LogP contribution in [0.3, 0.4) is 0 Å². The zero-order chi connectivity index (χ0) is 83.3. The second kappa shape index (κ2) is 51.1. The van der Waals surface area contributed by atoms with E-state index in [1.807, 2.05) is 163 Å². The van der Waals surface area contributed by atoms with Crippen LogP contribution in [0, 0.1) is 124 Å². The van der Waals surface area contributed by atoms with Crippen LogP contribution in [-0.2, 0) is 25.7 Å². The maximum atomic E-state index is 14.1. The van der Waals surface area contributed by atoms with Crippen LogP contribution in [-0.4, -0.2) is 33.0 Å². The van der Waals surface area contributed by atoms with Gasteiger partial charge in [0.2, 0.25) is 29.1 Å². The van der Waals surface area contributed by atoms with Crippen LogP contribution in [0.25, 0.3) is 0 Å². The fourth-order valence-corrected chi connectivity index (χ4v) is 10.4. The fraction of sp³-hybridized carbons (Fsp3) is 0.300. The first-order chi connectivity index (χ1) is 55.7. The van der Waals surface area contributed by atoms with Gasteiger partial charge in [-0.3, -0.25) is 0 Å². The minimum Gasteiger partial charge on any atom is -0.490 e. The van der Waals surface area contributed by atoms with Gasteiger partial charge in [0, 0.05) is 27.8 Å². The summed E-state index contributed by atoms with van der Waals surface area (Å²) in [5.41, 5.74) is 10.1. The number of unbranched alkanes of at least 4 members (excludes halogenated alkanes) is 3. The van der Waals surface area contributed by atoms with Crippen LogP contribution in [0.15, 0.2) is 182 Å². The minimum atomic E-state index is -0.987. The number of hydrogen-bond acceptors (Lipinski definition) is 5. The fourth-order valence-electron chi connectivity index (χ4n) is 10.4. The van der Waals surface area contributed by atoms with Gasteiger partial charge in [-0.05, 0) is 221 Å². The summed E-state index contributed by atoms with van der Waals surface area (Å²) in [6.07, 6.45) is 14.7. The zero-order valence-corrected chi connectivity index (χ0v) is 67.3. The summed E-state index contributed by atoms with van der Waals surface area (Å²) in [4.78, 5) is 0. The van der Waals surface area contributed by atoms with Gasteiger partial charge in [0.1, 0.15) is 0 Å². The van der Waals surface area contributed by atoms with Crippen LogP contribution in [0.2, 0.25) is 0 Å². The van der Waals surface area contributed by atoms with E-state index in [9.17, 15) is 43.9 Å². The molecular weight excluding hydrogens is 1470 g/mol. The van der Waals surface area contributed by atoms with Crippen LogP contribution in [0.1, 0.15) is 216 Å². The SMILES string of the molecule is CCCCCc1ccc(C#Cc2ccc(OCCC)c(F)c2F)cc1.CCCCc1ccc(C#Cc2ccc(OCCC)c(F)c2F)cc1.CCCOc1ccc(C#Cc2ccc(C)cc2)c(F)c1F.CCCOc1ccc(C#Cc2ccc(CC)cc2)c(F)c1F.CCCOc1ccc(C#Cc2ccc(CCC)cc2)c(F)c1F. The average Bonchev–Trinajstić information content (AvgIpc) is 0.854. The molecule has 10 aromatic carbocycles. The number of hydrogen-bond donors (Lipinski definition) is 0. The predicted octanol–water partition coefficient (Wildman–Crippen LogP) is 25.7. The summed E-state index contributed by atoms with van der Waals surface area (Å²) in [6, 6.07) is 53.1. The molecule has 600 valence electrons. The van der Waals surface area contributed by atoms with Crippen molar-refractivity contribution >= 4 is 0 Å². The Kier molecular flexibility index (Phi) is 41.0. The molecule has 10 aromatic rings. The van der Waals surface area contributed by atoms with Crippen molar-refractivity contribution in [1.29, 1.82) is 0 Å². The second-order valence-electron chi connectivity index (χ2n) is 26.5. The third-order valence-electron chi connectivity index (χ3n) is 17.0. The van der Waals surface area contributed by atoms with Gasteiger partial charge in [0.05, 0.1) is 60.9 Å². The van der Waals surface area contributed by atoms with Crippen molar-refractivity contribution in [3.8, 4) is 88.0 Å². The van der Waals surface area contributed by atoms with Crippen molar-refractivity contribution in [3.05, 3.63) is 324 Å². The predicted molar refractivity (Wildman–Crippen MR) is 443 cm³/mol. The van der Waals surface area contributed by atoms with Crippen LogP contribution >= 0.6 is 0 Å². The normalized spacial score (nSPS) is 10.1. The van der Waals surface area contributed by atoms with Crippen molar-refractivity contribution in [2.24, 2.45) is 0 Å². The van der Waals surface area contributed by atoms with Crippen molar-refractivity contribution < 1.29 is 67.6 Å². The highest BCUT2D eigenvalue weighted by Crippen LogP contribution is 2.28. The van der Waals surface area contributed by atoms with Crippen molar-refractivity contribution in [1.82, 2.24) is 0 Å². The molecule has 0 aromatic heterocycles. The number of halogens is 10. The Morgan fingerprint density at radius 2 is 0.435 bits per heavy atom. The molecule has 0 aliphatic carbocycles. The molecule has 15 heteroatoms. The summed E-state index contributed by atoms with van der Waals surface area (Å²) in [5.74, 6) is 17.6. The minimum absolute atomic E-state index is 0.0249. The molecule has 115 heavy (non-hydrogen) atoms. The maximum Gasteiger partial charge on any atom is 0.201 e. The molecule has 0 aliphatic heterocycles. The number of rotatable bonds is 25. The Bertz CT molecular complexity index is 5020. The highest BCUT2D eigenvalue weighted by molar-refractivity contribution is 5.52. The molecule has 0 saturated carbocycles. The van der Waals surface area contributed by atoms with E-state index in [1.54, 1.807) is 0 Å². The average molecular weight is 1570 g/mol. The number of aryl methyl sites for hydroxylation is 5. The van der Waals surface area contributed by atoms with Gasteiger partial charge in [-0.15, -0.1) is 0 Å². The molecular formula is C100H100F10O5. The second-order valence-corrected chi connectivity index (χ2v) is 26.5. The lowest BCUT2D eigenvalue weighted by atomic mass is 10.1. The van der Waals surface area contributed by atoms with Gasteiger partial charge in [0.25, 0.3) is 0 Å². The highest BCUT2D eigenvalue weighted by atomic mass is 19.2.